The van der Waals surface area contributed by atoms with Gasteiger partial charge >= 0.3 is 11.9 Å². The van der Waals surface area contributed by atoms with E-state index in [1.54, 1.807) is 71.8 Å². The maximum atomic E-state index is 13.2. The molecule has 14 nitrogen and oxygen atoms in total. The van der Waals surface area contributed by atoms with Gasteiger partial charge in [-0.15, -0.1) is 0 Å². The molecular weight excluding hydrogens is 1060 g/mol. The highest BCUT2D eigenvalue weighted by atomic mass is 35.5. The zero-order chi connectivity index (χ0) is 56.3. The quantitative estimate of drug-likeness (QED) is 0.0715. The third-order valence-electron chi connectivity index (χ3n) is 13.1. The number of rotatable bonds is 14. The van der Waals surface area contributed by atoms with Crippen LogP contribution in [0.5, 0.6) is 0 Å². The van der Waals surface area contributed by atoms with E-state index in [1.807, 2.05) is 60.7 Å². The average Bonchev–Trinajstić information content (AvgIpc) is 3.40. The molecule has 8 aromatic rings. The molecule has 0 unspecified atom stereocenters. The monoisotopic (exact) mass is 1120 g/mol. The Labute approximate surface area is 465 Å². The Morgan fingerprint density at radius 2 is 0.883 bits per heavy atom. The first-order chi connectivity index (χ1) is 36.3. The summed E-state index contributed by atoms with van der Waals surface area (Å²) in [4.78, 5) is 76.3. The van der Waals surface area contributed by atoms with Crippen molar-refractivity contribution in [3.05, 3.63) is 197 Å². The molecule has 0 bridgehead atoms. The van der Waals surface area contributed by atoms with Crippen molar-refractivity contribution < 1.29 is 29.0 Å². The summed E-state index contributed by atoms with van der Waals surface area (Å²) in [5, 5.41) is 17.4. The highest BCUT2D eigenvalue weighted by Gasteiger charge is 2.27. The van der Waals surface area contributed by atoms with Gasteiger partial charge in [0.25, 0.3) is 22.9 Å². The van der Waals surface area contributed by atoms with Gasteiger partial charge in [0.15, 0.2) is 0 Å². The smallest absolute Gasteiger partial charge is 0.328 e. The molecule has 0 saturated carbocycles. The van der Waals surface area contributed by atoms with Crippen molar-refractivity contribution in [2.75, 3.05) is 49.4 Å². The van der Waals surface area contributed by atoms with Gasteiger partial charge in [-0.2, -0.15) is 0 Å². The molecule has 0 aliphatic rings. The predicted octanol–water partition coefficient (Wildman–Crippen LogP) is 10.4. The van der Waals surface area contributed by atoms with E-state index in [0.717, 1.165) is 44.3 Å². The van der Waals surface area contributed by atoms with Crippen LogP contribution in [0.1, 0.15) is 31.8 Å². The van der Waals surface area contributed by atoms with E-state index in [0.29, 0.717) is 31.2 Å². The van der Waals surface area contributed by atoms with E-state index < -0.39 is 35.8 Å². The summed E-state index contributed by atoms with van der Waals surface area (Å²) in [6, 6.07) is 37.5. The molecule has 0 radical (unpaired) electrons. The van der Waals surface area contributed by atoms with Crippen molar-refractivity contribution >= 4 is 103 Å². The number of aromatic nitrogens is 2. The van der Waals surface area contributed by atoms with E-state index in [1.165, 1.54) is 19.2 Å². The van der Waals surface area contributed by atoms with Crippen molar-refractivity contribution in [1.29, 1.82) is 0 Å². The molecule has 3 N–H and O–H groups in total. The van der Waals surface area contributed by atoms with Crippen LogP contribution in [0.3, 0.4) is 0 Å². The molecule has 2 heterocycles. The van der Waals surface area contributed by atoms with E-state index in [2.05, 4.69) is 65.1 Å². The molecule has 2 aromatic heterocycles. The number of hydrogen-bond donors (Lipinski definition) is 3. The van der Waals surface area contributed by atoms with Gasteiger partial charge in [-0.3, -0.25) is 28.1 Å². The van der Waals surface area contributed by atoms with Crippen LogP contribution in [0, 0.1) is 0 Å². The molecule has 398 valence electrons. The number of quaternary nitrogens is 2. The van der Waals surface area contributed by atoms with Crippen LogP contribution in [-0.4, -0.2) is 99.5 Å². The van der Waals surface area contributed by atoms with Crippen molar-refractivity contribution in [3.63, 3.8) is 0 Å². The number of aryl methyl sites for hydroxylation is 2. The van der Waals surface area contributed by atoms with Gasteiger partial charge in [0.2, 0.25) is 0 Å². The number of fused-ring (bicyclic) bond motifs is 2. The lowest BCUT2D eigenvalue weighted by Crippen LogP contribution is -2.43. The van der Waals surface area contributed by atoms with Gasteiger partial charge in [-0.25, -0.2) is 9.59 Å². The molecule has 0 saturated heterocycles. The number of amides is 2. The maximum absolute atomic E-state index is 13.2. The first kappa shape index (κ1) is 57.4. The number of carboxylic acids is 1. The molecule has 77 heavy (non-hydrogen) atoms. The molecular formula is C59H58Cl4N6O8+2. The molecule has 8 rings (SSSR count). The predicted molar refractivity (Wildman–Crippen MR) is 311 cm³/mol. The minimum Gasteiger partial charge on any atom is -0.480 e. The summed E-state index contributed by atoms with van der Waals surface area (Å²) in [6.07, 6.45) is 0.204. The Balaban J connectivity index is 0.000000224. The molecule has 18 heteroatoms. The van der Waals surface area contributed by atoms with Crippen LogP contribution in [0.15, 0.2) is 143 Å². The fraction of sp³-hybridized carbons (Fsp3) is 0.220. The van der Waals surface area contributed by atoms with Crippen LogP contribution in [0.25, 0.3) is 44.1 Å². The first-order valence-electron chi connectivity index (χ1n) is 24.2. The van der Waals surface area contributed by atoms with Crippen LogP contribution in [-0.2, 0) is 41.3 Å². The van der Waals surface area contributed by atoms with E-state index in [-0.39, 0.29) is 55.2 Å². The summed E-state index contributed by atoms with van der Waals surface area (Å²) < 4.78 is 9.50. The number of nitrogens with one attached hydrogen (secondary N) is 2. The Bertz CT molecular complexity index is 3670. The molecule has 2 atom stereocenters. The summed E-state index contributed by atoms with van der Waals surface area (Å²) in [6.45, 7) is 0. The van der Waals surface area contributed by atoms with Gasteiger partial charge in [-0.05, 0) is 70.8 Å². The topological polar surface area (TPSA) is 166 Å². The van der Waals surface area contributed by atoms with Crippen molar-refractivity contribution in [2.45, 2.75) is 24.9 Å². The average molecular weight is 1120 g/mol. The molecule has 0 spiro atoms. The highest BCUT2D eigenvalue weighted by molar-refractivity contribution is 6.40. The number of hydrogen-bond acceptors (Lipinski definition) is 7. The highest BCUT2D eigenvalue weighted by Crippen LogP contribution is 2.30. The number of esters is 1. The van der Waals surface area contributed by atoms with Crippen LogP contribution in [0.4, 0.5) is 11.4 Å². The largest absolute Gasteiger partial charge is 0.480 e. The SMILES string of the molecule is COC(=O)[C@H](Cc1ccc(-c2cc3cc([N+](C)(C)C)ccc3n(C)c2=O)cc1)NC(=O)c1c(Cl)cccc1Cl.Cn1c(=O)c(-c2ccc(C[C@H](NC(=O)c3c(Cl)cccc3Cl)C(=O)O)cc2)cc2cc([N+](C)(C)C)ccc21. The Morgan fingerprint density at radius 1 is 0.532 bits per heavy atom. The zero-order valence-electron chi connectivity index (χ0n) is 43.9. The van der Waals surface area contributed by atoms with Gasteiger partial charge in [0.05, 0.1) is 91.6 Å². The van der Waals surface area contributed by atoms with Gasteiger partial charge in [0.1, 0.15) is 23.5 Å². The Morgan fingerprint density at radius 3 is 1.22 bits per heavy atom. The number of pyridine rings is 2. The standard InChI is InChI=1S/C30H29Cl2N3O4.C29H27Cl2N3O4/c1-34-26-14-13-21(35(2,3)4)16-20(26)17-22(29(34)37)19-11-9-18(10-12-19)15-25(30(38)39-5)33-28(36)27-23(31)7-6-8-24(27)32;1-33-25-13-12-20(34(2,3)4)15-19(25)16-21(28(33)36)18-10-8-17(9-11-18)14-24(29(37)38)32-27(35)26-22(30)6-5-7-23(26)31/h6-14,16-17,25H,15H2,1-5H3;5-13,15-16,24H,14H2,1-4H3,(H-,32,35,37,38)/p+2/t25-;24-/m00/s1. The molecule has 2 amide bonds. The number of benzene rings is 6. The van der Waals surface area contributed by atoms with Crippen LogP contribution < -0.4 is 30.7 Å². The number of carbonyl (C=O) groups excluding carboxylic acids is 3. The van der Waals surface area contributed by atoms with Gasteiger partial charge < -0.3 is 29.6 Å². The number of nitrogens with zero attached hydrogens (tertiary/aromatic N) is 4. The Kier molecular flexibility index (Phi) is 17.5. The van der Waals surface area contributed by atoms with Gasteiger partial charge in [0, 0.05) is 73.1 Å². The number of methoxy groups -OCH3 is 1. The lowest BCUT2D eigenvalue weighted by molar-refractivity contribution is -0.143. The summed E-state index contributed by atoms with van der Waals surface area (Å²) in [7, 11) is 17.3. The van der Waals surface area contributed by atoms with Crippen molar-refractivity contribution in [3.8, 4) is 22.3 Å². The summed E-state index contributed by atoms with van der Waals surface area (Å²) in [5.41, 5.74) is 7.82. The summed E-state index contributed by atoms with van der Waals surface area (Å²) in [5.74, 6) is -3.04. The number of aliphatic carboxylic acids is 1. The molecule has 0 fully saturated rings. The summed E-state index contributed by atoms with van der Waals surface area (Å²) >= 11 is 24.5. The molecule has 6 aromatic carbocycles. The normalized spacial score (nSPS) is 12.3. The molecule has 0 aliphatic carbocycles. The van der Waals surface area contributed by atoms with E-state index in [4.69, 9.17) is 51.1 Å². The lowest BCUT2D eigenvalue weighted by atomic mass is 9.99. The Hall–Kier alpha value is -7.30. The second kappa shape index (κ2) is 23.5. The minimum absolute atomic E-state index is 0.0259. The van der Waals surface area contributed by atoms with Crippen LogP contribution in [0.2, 0.25) is 20.1 Å². The second-order valence-corrected chi connectivity index (χ2v) is 21.9. The van der Waals surface area contributed by atoms with E-state index in [9.17, 15) is 33.9 Å². The lowest BCUT2D eigenvalue weighted by Gasteiger charge is -2.24. The number of halogens is 4. The first-order valence-corrected chi connectivity index (χ1v) is 25.7. The van der Waals surface area contributed by atoms with Crippen LogP contribution >= 0.6 is 46.4 Å². The fourth-order valence-corrected chi connectivity index (χ4v) is 9.86. The number of carboxylic acid groups (broad SMARTS) is 1. The number of carbonyl (C=O) groups is 4. The van der Waals surface area contributed by atoms with E-state index >= 15 is 0 Å². The molecule has 0 aliphatic heterocycles. The number of ether oxygens (including phenoxy) is 1. The third-order valence-corrected chi connectivity index (χ3v) is 14.4. The second-order valence-electron chi connectivity index (χ2n) is 20.3. The maximum Gasteiger partial charge on any atom is 0.328 e. The third kappa shape index (κ3) is 13.1. The fourth-order valence-electron chi connectivity index (χ4n) is 8.73. The van der Waals surface area contributed by atoms with Crippen molar-refractivity contribution in [1.82, 2.24) is 28.7 Å². The zero-order valence-corrected chi connectivity index (χ0v) is 46.9. The van der Waals surface area contributed by atoms with Gasteiger partial charge in [-0.1, -0.05) is 107 Å². The van der Waals surface area contributed by atoms with Crippen molar-refractivity contribution in [2.24, 2.45) is 14.1 Å². The minimum atomic E-state index is -1.21.